The lowest BCUT2D eigenvalue weighted by atomic mass is 9.62. The SMILES string of the molecule is CC(=O)N(C)C(C)(C)Cc1nc(-c2cccc([C@@](O)(c3ccc(C(C)C)cc3)C3(C)CN(C)C3)c2)no1. The summed E-state index contributed by atoms with van der Waals surface area (Å²) in [6.07, 6.45) is 0.437. The van der Waals surface area contributed by atoms with E-state index in [0.29, 0.717) is 24.1 Å². The first-order chi connectivity index (χ1) is 17.3. The highest BCUT2D eigenvalue weighted by atomic mass is 16.5. The Bertz CT molecular complexity index is 1260. The highest BCUT2D eigenvalue weighted by Gasteiger charge is 2.55. The van der Waals surface area contributed by atoms with E-state index >= 15 is 0 Å². The van der Waals surface area contributed by atoms with Crippen molar-refractivity contribution in [1.82, 2.24) is 19.9 Å². The predicted molar refractivity (Wildman–Crippen MR) is 145 cm³/mol. The van der Waals surface area contributed by atoms with E-state index in [1.165, 1.54) is 5.56 Å². The van der Waals surface area contributed by atoms with Gasteiger partial charge in [0.15, 0.2) is 0 Å². The normalized spacial score (nSPS) is 17.4. The summed E-state index contributed by atoms with van der Waals surface area (Å²) < 4.78 is 5.58. The van der Waals surface area contributed by atoms with E-state index in [2.05, 4.69) is 67.1 Å². The zero-order valence-corrected chi connectivity index (χ0v) is 23.4. The minimum atomic E-state index is -1.19. The van der Waals surface area contributed by atoms with Crippen LogP contribution in [0.5, 0.6) is 0 Å². The summed E-state index contributed by atoms with van der Waals surface area (Å²) in [5.74, 6) is 1.33. The molecular weight excluding hydrogens is 464 g/mol. The molecule has 1 fully saturated rings. The lowest BCUT2D eigenvalue weighted by Gasteiger charge is -2.56. The second kappa shape index (κ2) is 9.69. The van der Waals surface area contributed by atoms with Gasteiger partial charge in [-0.05, 0) is 49.6 Å². The van der Waals surface area contributed by atoms with E-state index in [4.69, 9.17) is 4.52 Å². The minimum Gasteiger partial charge on any atom is -0.380 e. The van der Waals surface area contributed by atoms with Crippen LogP contribution < -0.4 is 0 Å². The second-order valence-corrected chi connectivity index (χ2v) is 11.9. The van der Waals surface area contributed by atoms with Gasteiger partial charge >= 0.3 is 0 Å². The van der Waals surface area contributed by atoms with E-state index in [-0.39, 0.29) is 11.3 Å². The Balaban J connectivity index is 1.70. The van der Waals surface area contributed by atoms with Crippen LogP contribution >= 0.6 is 0 Å². The first kappa shape index (κ1) is 27.0. The van der Waals surface area contributed by atoms with Gasteiger partial charge in [0.2, 0.25) is 17.6 Å². The van der Waals surface area contributed by atoms with Gasteiger partial charge in [0.05, 0.1) is 0 Å². The van der Waals surface area contributed by atoms with Gasteiger partial charge < -0.3 is 19.4 Å². The van der Waals surface area contributed by atoms with Gasteiger partial charge in [0.1, 0.15) is 5.60 Å². The van der Waals surface area contributed by atoms with Gasteiger partial charge in [-0.2, -0.15) is 4.98 Å². The van der Waals surface area contributed by atoms with Gasteiger partial charge in [-0.25, -0.2) is 0 Å². The van der Waals surface area contributed by atoms with Crippen molar-refractivity contribution in [2.45, 2.75) is 65.0 Å². The highest BCUT2D eigenvalue weighted by molar-refractivity contribution is 5.73. The van der Waals surface area contributed by atoms with Crippen molar-refractivity contribution < 1.29 is 14.4 Å². The van der Waals surface area contributed by atoms with Gasteiger partial charge in [0.25, 0.3) is 0 Å². The number of hydrogen-bond donors (Lipinski definition) is 1. The highest BCUT2D eigenvalue weighted by Crippen LogP contribution is 2.50. The largest absolute Gasteiger partial charge is 0.380 e. The average Bonchev–Trinajstić information content (AvgIpc) is 3.30. The summed E-state index contributed by atoms with van der Waals surface area (Å²) in [6, 6.07) is 16.2. The molecule has 0 radical (unpaired) electrons. The van der Waals surface area contributed by atoms with Crippen LogP contribution in [0.4, 0.5) is 0 Å². The molecule has 3 aromatic rings. The van der Waals surface area contributed by atoms with Crippen LogP contribution in [-0.2, 0) is 16.8 Å². The van der Waals surface area contributed by atoms with Gasteiger partial charge in [-0.1, -0.05) is 68.4 Å². The van der Waals surface area contributed by atoms with Crippen LogP contribution in [0.3, 0.4) is 0 Å². The molecule has 0 aliphatic carbocycles. The van der Waals surface area contributed by atoms with Gasteiger partial charge in [0, 0.05) is 50.0 Å². The van der Waals surface area contributed by atoms with E-state index in [1.54, 1.807) is 18.9 Å². The maximum absolute atomic E-state index is 12.5. The van der Waals surface area contributed by atoms with Gasteiger partial charge in [-0.3, -0.25) is 4.79 Å². The fourth-order valence-corrected chi connectivity index (χ4v) is 5.59. The van der Waals surface area contributed by atoms with E-state index < -0.39 is 11.1 Å². The number of carbonyl (C=O) groups is 1. The molecule has 37 heavy (non-hydrogen) atoms. The number of hydrogen-bond acceptors (Lipinski definition) is 6. The molecule has 7 heteroatoms. The van der Waals surface area contributed by atoms with Crippen molar-refractivity contribution in [2.24, 2.45) is 5.41 Å². The summed E-state index contributed by atoms with van der Waals surface area (Å²) in [4.78, 5) is 20.4. The standard InChI is InChI=1S/C30H40N4O3/c1-20(2)22-12-14-24(15-13-22)30(36,29(6)18-33(7)19-29)25-11-9-10-23(16-25)27-31-26(37-32-27)17-28(4,5)34(8)21(3)35/h9-16,20,36H,17-19H2,1-8H3/t30-/m0/s1. The monoisotopic (exact) mass is 504 g/mol. The Kier molecular flexibility index (Phi) is 7.08. The molecule has 0 saturated carbocycles. The molecule has 1 N–H and O–H groups in total. The Morgan fingerprint density at radius 2 is 1.81 bits per heavy atom. The molecule has 1 atom stereocenters. The number of carbonyl (C=O) groups excluding carboxylic acids is 1. The predicted octanol–water partition coefficient (Wildman–Crippen LogP) is 4.85. The number of benzene rings is 2. The number of nitrogens with zero attached hydrogens (tertiary/aromatic N) is 4. The number of amides is 1. The zero-order valence-electron chi connectivity index (χ0n) is 23.4. The van der Waals surface area contributed by atoms with E-state index in [9.17, 15) is 9.90 Å². The molecule has 1 amide bonds. The third-order valence-electron chi connectivity index (χ3n) is 8.08. The molecule has 0 bridgehead atoms. The molecule has 0 spiro atoms. The molecule has 2 aromatic carbocycles. The maximum atomic E-state index is 12.5. The van der Waals surface area contributed by atoms with Crippen LogP contribution in [0.1, 0.15) is 70.0 Å². The number of aromatic nitrogens is 2. The molecule has 2 heterocycles. The van der Waals surface area contributed by atoms with Crippen LogP contribution in [-0.4, -0.2) is 63.7 Å². The molecular formula is C30H40N4O3. The molecule has 198 valence electrons. The Morgan fingerprint density at radius 3 is 2.38 bits per heavy atom. The summed E-state index contributed by atoms with van der Waals surface area (Å²) >= 11 is 0. The Hall–Kier alpha value is -3.03. The quantitative estimate of drug-likeness (QED) is 0.472. The van der Waals surface area contributed by atoms with Gasteiger partial charge in [-0.15, -0.1) is 0 Å². The smallest absolute Gasteiger partial charge is 0.229 e. The van der Waals surface area contributed by atoms with Crippen LogP contribution in [0.25, 0.3) is 11.4 Å². The fourth-order valence-electron chi connectivity index (χ4n) is 5.59. The third-order valence-corrected chi connectivity index (χ3v) is 8.08. The lowest BCUT2D eigenvalue weighted by molar-refractivity contribution is -0.132. The summed E-state index contributed by atoms with van der Waals surface area (Å²) in [6.45, 7) is 13.5. The van der Waals surface area contributed by atoms with Crippen molar-refractivity contribution in [2.75, 3.05) is 27.2 Å². The average molecular weight is 505 g/mol. The summed E-state index contributed by atoms with van der Waals surface area (Å²) in [5, 5.41) is 16.7. The molecule has 1 aliphatic rings. The Labute approximate surface area is 220 Å². The fraction of sp³-hybridized carbons (Fsp3) is 0.500. The number of rotatable bonds is 8. The zero-order chi connectivity index (χ0) is 27.2. The first-order valence-electron chi connectivity index (χ1n) is 13.0. The van der Waals surface area contributed by atoms with Crippen molar-refractivity contribution in [3.8, 4) is 11.4 Å². The second-order valence-electron chi connectivity index (χ2n) is 11.9. The van der Waals surface area contributed by atoms with Crippen molar-refractivity contribution in [3.05, 3.63) is 71.1 Å². The Morgan fingerprint density at radius 1 is 1.16 bits per heavy atom. The van der Waals surface area contributed by atoms with Crippen LogP contribution in [0.2, 0.25) is 0 Å². The van der Waals surface area contributed by atoms with E-state index in [1.807, 2.05) is 38.1 Å². The summed E-state index contributed by atoms with van der Waals surface area (Å²) in [5.41, 5.74) is 1.69. The first-order valence-corrected chi connectivity index (χ1v) is 13.0. The maximum Gasteiger partial charge on any atom is 0.229 e. The molecule has 1 aliphatic heterocycles. The third kappa shape index (κ3) is 4.94. The van der Waals surface area contributed by atoms with Crippen LogP contribution in [0.15, 0.2) is 53.1 Å². The minimum absolute atomic E-state index is 0.0201. The topological polar surface area (TPSA) is 82.7 Å². The van der Waals surface area contributed by atoms with Crippen molar-refractivity contribution in [3.63, 3.8) is 0 Å². The molecule has 4 rings (SSSR count). The molecule has 1 saturated heterocycles. The van der Waals surface area contributed by atoms with Crippen molar-refractivity contribution >= 4 is 5.91 Å². The molecule has 0 unspecified atom stereocenters. The number of likely N-dealkylation sites (N-methyl/N-ethyl adjacent to an activating group) is 1. The molecule has 7 nitrogen and oxygen atoms in total. The number of aliphatic hydroxyl groups is 1. The number of likely N-dealkylation sites (tertiary alicyclic amines) is 1. The van der Waals surface area contributed by atoms with Crippen molar-refractivity contribution in [1.29, 1.82) is 0 Å². The molecule has 1 aromatic heterocycles. The van der Waals surface area contributed by atoms with Crippen LogP contribution in [0, 0.1) is 5.41 Å². The lowest BCUT2D eigenvalue weighted by Crippen LogP contribution is -2.63. The van der Waals surface area contributed by atoms with E-state index in [0.717, 1.165) is 29.8 Å². The summed E-state index contributed by atoms with van der Waals surface area (Å²) in [7, 11) is 3.85.